The molecule has 134 valence electrons. The van der Waals surface area contributed by atoms with Crippen LogP contribution in [0.1, 0.15) is 11.1 Å². The highest BCUT2D eigenvalue weighted by Crippen LogP contribution is 2.36. The summed E-state index contributed by atoms with van der Waals surface area (Å²) in [5.74, 6) is 1.13. The van der Waals surface area contributed by atoms with E-state index in [1.807, 2.05) is 24.3 Å². The molecular weight excluding hydrogens is 381 g/mol. The van der Waals surface area contributed by atoms with Crippen LogP contribution in [0.3, 0.4) is 0 Å². The molecule has 3 nitrogen and oxygen atoms in total. The summed E-state index contributed by atoms with van der Waals surface area (Å²) < 4.78 is 10.9. The first-order valence-electron chi connectivity index (χ1n) is 7.80. The molecule has 0 atom stereocenters. The molecule has 0 fully saturated rings. The largest absolute Gasteiger partial charge is 0.493 e. The standard InChI is InChI=1S/C19H20Cl3NO2/c1-3-8-25-19-17(22)9-13(10-18(19)24-2)12-23-7-6-14-4-5-15(20)11-16(14)21/h3-5,9-11,23H,1,6-8,12H2,2H3. The van der Waals surface area contributed by atoms with E-state index in [0.29, 0.717) is 39.7 Å². The zero-order chi connectivity index (χ0) is 18.2. The van der Waals surface area contributed by atoms with Crippen molar-refractivity contribution in [2.24, 2.45) is 0 Å². The van der Waals surface area contributed by atoms with E-state index < -0.39 is 0 Å². The summed E-state index contributed by atoms with van der Waals surface area (Å²) in [6.07, 6.45) is 2.47. The summed E-state index contributed by atoms with van der Waals surface area (Å²) in [6.45, 7) is 5.43. The second-order valence-electron chi connectivity index (χ2n) is 5.37. The van der Waals surface area contributed by atoms with Crippen molar-refractivity contribution in [1.29, 1.82) is 0 Å². The lowest BCUT2D eigenvalue weighted by molar-refractivity contribution is 0.326. The number of rotatable bonds is 9. The summed E-state index contributed by atoms with van der Waals surface area (Å²) in [7, 11) is 1.59. The molecular formula is C19H20Cl3NO2. The monoisotopic (exact) mass is 399 g/mol. The van der Waals surface area contributed by atoms with E-state index in [4.69, 9.17) is 44.3 Å². The molecule has 0 aliphatic heterocycles. The van der Waals surface area contributed by atoms with Crippen LogP contribution in [0.2, 0.25) is 15.1 Å². The predicted molar refractivity (Wildman–Crippen MR) is 106 cm³/mol. The van der Waals surface area contributed by atoms with E-state index in [1.165, 1.54) is 0 Å². The Morgan fingerprint density at radius 2 is 1.92 bits per heavy atom. The van der Waals surface area contributed by atoms with Crippen molar-refractivity contribution in [1.82, 2.24) is 5.32 Å². The molecule has 2 rings (SSSR count). The molecule has 0 radical (unpaired) electrons. The molecule has 25 heavy (non-hydrogen) atoms. The van der Waals surface area contributed by atoms with Gasteiger partial charge < -0.3 is 14.8 Å². The first kappa shape index (κ1) is 19.9. The van der Waals surface area contributed by atoms with Crippen molar-refractivity contribution in [3.63, 3.8) is 0 Å². The lowest BCUT2D eigenvalue weighted by atomic mass is 10.1. The Hall–Kier alpha value is -1.39. The lowest BCUT2D eigenvalue weighted by Crippen LogP contribution is -2.17. The molecule has 0 aliphatic rings. The maximum absolute atomic E-state index is 6.30. The molecule has 0 spiro atoms. The van der Waals surface area contributed by atoms with E-state index in [2.05, 4.69) is 11.9 Å². The van der Waals surface area contributed by atoms with Crippen LogP contribution in [0, 0.1) is 0 Å². The number of methoxy groups -OCH3 is 1. The second kappa shape index (κ2) is 9.93. The molecule has 0 aliphatic carbocycles. The predicted octanol–water partition coefficient (Wildman–Crippen LogP) is 5.55. The Balaban J connectivity index is 1.94. The number of benzene rings is 2. The van der Waals surface area contributed by atoms with Crippen molar-refractivity contribution in [2.45, 2.75) is 13.0 Å². The van der Waals surface area contributed by atoms with Gasteiger partial charge in [0.15, 0.2) is 11.5 Å². The second-order valence-corrected chi connectivity index (χ2v) is 6.62. The number of nitrogens with one attached hydrogen (secondary N) is 1. The molecule has 0 bridgehead atoms. The average molecular weight is 401 g/mol. The number of halogens is 3. The fourth-order valence-electron chi connectivity index (χ4n) is 2.34. The van der Waals surface area contributed by atoms with Crippen LogP contribution in [-0.4, -0.2) is 20.3 Å². The van der Waals surface area contributed by atoms with Gasteiger partial charge in [-0.25, -0.2) is 0 Å². The van der Waals surface area contributed by atoms with Gasteiger partial charge >= 0.3 is 0 Å². The fourth-order valence-corrected chi connectivity index (χ4v) is 3.13. The first-order chi connectivity index (χ1) is 12.0. The number of ether oxygens (including phenoxy) is 2. The Morgan fingerprint density at radius 3 is 2.60 bits per heavy atom. The van der Waals surface area contributed by atoms with E-state index >= 15 is 0 Å². The van der Waals surface area contributed by atoms with Gasteiger partial charge in [0, 0.05) is 16.6 Å². The van der Waals surface area contributed by atoms with E-state index in [-0.39, 0.29) is 0 Å². The van der Waals surface area contributed by atoms with Gasteiger partial charge in [-0.15, -0.1) is 0 Å². The summed E-state index contributed by atoms with van der Waals surface area (Å²) in [5.41, 5.74) is 2.07. The van der Waals surface area contributed by atoms with Crippen LogP contribution in [0.25, 0.3) is 0 Å². The minimum Gasteiger partial charge on any atom is -0.493 e. The fraction of sp³-hybridized carbons (Fsp3) is 0.263. The molecule has 0 saturated carbocycles. The van der Waals surface area contributed by atoms with Crippen molar-refractivity contribution in [2.75, 3.05) is 20.3 Å². The van der Waals surface area contributed by atoms with Crippen molar-refractivity contribution < 1.29 is 9.47 Å². The third-order valence-electron chi connectivity index (χ3n) is 3.55. The highest BCUT2D eigenvalue weighted by Gasteiger charge is 2.11. The van der Waals surface area contributed by atoms with Crippen molar-refractivity contribution in [3.05, 3.63) is 69.2 Å². The Labute approximate surface area is 163 Å². The van der Waals surface area contributed by atoms with Crippen LogP contribution in [0.4, 0.5) is 0 Å². The molecule has 0 saturated heterocycles. The van der Waals surface area contributed by atoms with Crippen LogP contribution in [0.15, 0.2) is 43.0 Å². The molecule has 2 aromatic rings. The maximum atomic E-state index is 6.30. The quantitative estimate of drug-likeness (QED) is 0.442. The number of hydrogen-bond acceptors (Lipinski definition) is 3. The Kier molecular flexibility index (Phi) is 7.91. The van der Waals surface area contributed by atoms with E-state index in [0.717, 1.165) is 24.1 Å². The minimum atomic E-state index is 0.371. The van der Waals surface area contributed by atoms with Gasteiger partial charge in [0.25, 0.3) is 0 Å². The van der Waals surface area contributed by atoms with Crippen LogP contribution in [0.5, 0.6) is 11.5 Å². The average Bonchev–Trinajstić information content (AvgIpc) is 2.58. The summed E-state index contributed by atoms with van der Waals surface area (Å²) >= 11 is 18.4. The lowest BCUT2D eigenvalue weighted by Gasteiger charge is -2.14. The van der Waals surface area contributed by atoms with Crippen LogP contribution in [-0.2, 0) is 13.0 Å². The molecule has 0 aromatic heterocycles. The van der Waals surface area contributed by atoms with Gasteiger partial charge in [0.1, 0.15) is 6.61 Å². The summed E-state index contributed by atoms with van der Waals surface area (Å²) in [5, 5.41) is 5.21. The normalized spacial score (nSPS) is 10.6. The van der Waals surface area contributed by atoms with Gasteiger partial charge in [0.05, 0.1) is 12.1 Å². The first-order valence-corrected chi connectivity index (χ1v) is 8.93. The molecule has 6 heteroatoms. The van der Waals surface area contributed by atoms with E-state index in [9.17, 15) is 0 Å². The summed E-state index contributed by atoms with van der Waals surface area (Å²) in [6, 6.07) is 9.32. The Morgan fingerprint density at radius 1 is 1.12 bits per heavy atom. The molecule has 0 unspecified atom stereocenters. The van der Waals surface area contributed by atoms with Gasteiger partial charge in [-0.2, -0.15) is 0 Å². The van der Waals surface area contributed by atoms with Gasteiger partial charge in [-0.3, -0.25) is 0 Å². The highest BCUT2D eigenvalue weighted by atomic mass is 35.5. The zero-order valence-corrected chi connectivity index (χ0v) is 16.2. The number of hydrogen-bond donors (Lipinski definition) is 1. The smallest absolute Gasteiger partial charge is 0.180 e. The van der Waals surface area contributed by atoms with Gasteiger partial charge in [-0.1, -0.05) is 53.5 Å². The minimum absolute atomic E-state index is 0.371. The molecule has 0 heterocycles. The molecule has 0 amide bonds. The van der Waals surface area contributed by atoms with Crippen molar-refractivity contribution >= 4 is 34.8 Å². The van der Waals surface area contributed by atoms with Crippen molar-refractivity contribution in [3.8, 4) is 11.5 Å². The third-order valence-corrected chi connectivity index (χ3v) is 4.42. The van der Waals surface area contributed by atoms with Crippen LogP contribution >= 0.6 is 34.8 Å². The molecule has 1 N–H and O–H groups in total. The van der Waals surface area contributed by atoms with Crippen LogP contribution < -0.4 is 14.8 Å². The topological polar surface area (TPSA) is 30.5 Å². The highest BCUT2D eigenvalue weighted by molar-refractivity contribution is 6.35. The van der Waals surface area contributed by atoms with Gasteiger partial charge in [-0.05, 0) is 48.4 Å². The molecule has 2 aromatic carbocycles. The third kappa shape index (κ3) is 5.82. The SMILES string of the molecule is C=CCOc1c(Cl)cc(CNCCc2ccc(Cl)cc2Cl)cc1OC. The van der Waals surface area contributed by atoms with Gasteiger partial charge in [0.2, 0.25) is 0 Å². The maximum Gasteiger partial charge on any atom is 0.180 e. The van der Waals surface area contributed by atoms with E-state index in [1.54, 1.807) is 19.3 Å². The Bertz CT molecular complexity index is 735. The zero-order valence-electron chi connectivity index (χ0n) is 14.0. The summed E-state index contributed by atoms with van der Waals surface area (Å²) in [4.78, 5) is 0.